The van der Waals surface area contributed by atoms with Gasteiger partial charge >= 0.3 is 0 Å². The van der Waals surface area contributed by atoms with Crippen LogP contribution in [0.1, 0.15) is 18.4 Å². The summed E-state index contributed by atoms with van der Waals surface area (Å²) in [6.45, 7) is 0.751. The van der Waals surface area contributed by atoms with Crippen LogP contribution in [-0.2, 0) is 4.74 Å². The summed E-state index contributed by atoms with van der Waals surface area (Å²) < 4.78 is 23.6. The Labute approximate surface area is 120 Å². The zero-order chi connectivity index (χ0) is 14.1. The van der Waals surface area contributed by atoms with Crippen LogP contribution < -0.4 is 5.32 Å². The van der Waals surface area contributed by atoms with Gasteiger partial charge in [-0.1, -0.05) is 16.8 Å². The topological polar surface area (TPSA) is 60.2 Å². The highest BCUT2D eigenvalue weighted by Gasteiger charge is 2.29. The molecule has 1 aromatic carbocycles. The van der Waals surface area contributed by atoms with Crippen LogP contribution in [-0.4, -0.2) is 29.9 Å². The second-order valence-electron chi connectivity index (χ2n) is 4.64. The molecule has 0 bridgehead atoms. The summed E-state index contributed by atoms with van der Waals surface area (Å²) in [5.74, 6) is 0.420. The maximum atomic E-state index is 13.1. The smallest absolute Gasteiger partial charge is 0.244 e. The van der Waals surface area contributed by atoms with Crippen molar-refractivity contribution in [3.8, 4) is 11.4 Å². The van der Waals surface area contributed by atoms with Crippen LogP contribution in [0, 0.1) is 5.82 Å². The Kier molecular flexibility index (Phi) is 3.69. The second-order valence-corrected chi connectivity index (χ2v) is 5.05. The fourth-order valence-corrected chi connectivity index (χ4v) is 2.38. The first-order chi connectivity index (χ1) is 9.67. The molecule has 5 nitrogen and oxygen atoms in total. The van der Waals surface area contributed by atoms with Gasteiger partial charge in [-0.05, 0) is 24.6 Å². The third-order valence-electron chi connectivity index (χ3n) is 3.34. The Bertz CT molecular complexity index is 619. The molecule has 0 saturated carbocycles. The lowest BCUT2D eigenvalue weighted by atomic mass is 10.2. The van der Waals surface area contributed by atoms with Gasteiger partial charge in [-0.25, -0.2) is 4.39 Å². The quantitative estimate of drug-likeness (QED) is 0.943. The number of halogens is 2. The van der Waals surface area contributed by atoms with Gasteiger partial charge in [0, 0.05) is 19.2 Å². The van der Waals surface area contributed by atoms with E-state index < -0.39 is 5.82 Å². The summed E-state index contributed by atoms with van der Waals surface area (Å²) in [7, 11) is 1.68. The van der Waals surface area contributed by atoms with Crippen LogP contribution >= 0.6 is 11.6 Å². The molecule has 2 atom stereocenters. The zero-order valence-electron chi connectivity index (χ0n) is 10.8. The number of ether oxygens (including phenoxy) is 1. The number of methoxy groups -OCH3 is 1. The number of rotatable bonds is 3. The van der Waals surface area contributed by atoms with Crippen molar-refractivity contribution in [1.29, 1.82) is 0 Å². The van der Waals surface area contributed by atoms with Crippen molar-refractivity contribution in [1.82, 2.24) is 15.5 Å². The highest BCUT2D eigenvalue weighted by Crippen LogP contribution is 2.27. The average Bonchev–Trinajstić information content (AvgIpc) is 3.09. The number of benzene rings is 1. The second kappa shape index (κ2) is 5.47. The third kappa shape index (κ3) is 2.54. The molecule has 2 heterocycles. The van der Waals surface area contributed by atoms with E-state index in [0.29, 0.717) is 17.3 Å². The largest absolute Gasteiger partial charge is 0.380 e. The normalized spacial score (nSPS) is 22.4. The van der Waals surface area contributed by atoms with Crippen molar-refractivity contribution >= 4 is 11.6 Å². The molecule has 1 saturated heterocycles. The van der Waals surface area contributed by atoms with Crippen molar-refractivity contribution in [2.45, 2.75) is 18.6 Å². The van der Waals surface area contributed by atoms with E-state index in [9.17, 15) is 4.39 Å². The Morgan fingerprint density at radius 3 is 3.05 bits per heavy atom. The van der Waals surface area contributed by atoms with Crippen molar-refractivity contribution in [3.05, 3.63) is 34.9 Å². The molecule has 0 unspecified atom stereocenters. The molecule has 1 aliphatic heterocycles. The van der Waals surface area contributed by atoms with Crippen molar-refractivity contribution in [2.24, 2.45) is 0 Å². The van der Waals surface area contributed by atoms with Gasteiger partial charge in [0.05, 0.1) is 17.2 Å². The highest BCUT2D eigenvalue weighted by atomic mass is 35.5. The molecular formula is C13H13ClFN3O2. The molecule has 1 aromatic heterocycles. The van der Waals surface area contributed by atoms with E-state index in [1.54, 1.807) is 13.2 Å². The highest BCUT2D eigenvalue weighted by molar-refractivity contribution is 6.31. The van der Waals surface area contributed by atoms with E-state index in [0.717, 1.165) is 13.0 Å². The molecule has 106 valence electrons. The molecule has 7 heteroatoms. The van der Waals surface area contributed by atoms with Gasteiger partial charge in [0.1, 0.15) is 5.82 Å². The summed E-state index contributed by atoms with van der Waals surface area (Å²) in [5, 5.41) is 7.19. The predicted molar refractivity (Wildman–Crippen MR) is 70.9 cm³/mol. The lowest BCUT2D eigenvalue weighted by molar-refractivity contribution is 0.116. The zero-order valence-corrected chi connectivity index (χ0v) is 11.5. The van der Waals surface area contributed by atoms with Crippen LogP contribution in [0.25, 0.3) is 11.4 Å². The average molecular weight is 298 g/mol. The number of hydrogen-bond donors (Lipinski definition) is 1. The van der Waals surface area contributed by atoms with Crippen LogP contribution in [0.3, 0.4) is 0 Å². The van der Waals surface area contributed by atoms with Crippen LogP contribution in [0.5, 0.6) is 0 Å². The Morgan fingerprint density at radius 2 is 2.35 bits per heavy atom. The SMILES string of the molecule is CO[C@@H]1CN[C@@H](c2nc(-c3ccc(F)c(Cl)c3)no2)C1. The van der Waals surface area contributed by atoms with Gasteiger partial charge in [-0.15, -0.1) is 0 Å². The predicted octanol–water partition coefficient (Wildman–Crippen LogP) is 2.58. The summed E-state index contributed by atoms with van der Waals surface area (Å²) in [4.78, 5) is 4.33. The first kappa shape index (κ1) is 13.5. The number of aromatic nitrogens is 2. The van der Waals surface area contributed by atoms with E-state index >= 15 is 0 Å². The first-order valence-corrected chi connectivity index (χ1v) is 6.60. The van der Waals surface area contributed by atoms with Crippen molar-refractivity contribution < 1.29 is 13.7 Å². The van der Waals surface area contributed by atoms with Crippen molar-refractivity contribution in [2.75, 3.05) is 13.7 Å². The molecule has 0 aliphatic carbocycles. The number of nitrogens with one attached hydrogen (secondary N) is 1. The lowest BCUT2D eigenvalue weighted by Gasteiger charge is -2.04. The van der Waals surface area contributed by atoms with Gasteiger partial charge in [0.2, 0.25) is 11.7 Å². The summed E-state index contributed by atoms with van der Waals surface area (Å²) in [6, 6.07) is 4.31. The fraction of sp³-hybridized carbons (Fsp3) is 0.385. The maximum absolute atomic E-state index is 13.1. The molecule has 0 amide bonds. The van der Waals surface area contributed by atoms with Crippen molar-refractivity contribution in [3.63, 3.8) is 0 Å². The monoisotopic (exact) mass is 297 g/mol. The van der Waals surface area contributed by atoms with E-state index in [2.05, 4.69) is 15.5 Å². The lowest BCUT2D eigenvalue weighted by Crippen LogP contribution is -2.16. The third-order valence-corrected chi connectivity index (χ3v) is 3.63. The van der Waals surface area contributed by atoms with Gasteiger partial charge in [0.15, 0.2) is 0 Å². The number of hydrogen-bond acceptors (Lipinski definition) is 5. The number of nitrogens with zero attached hydrogens (tertiary/aromatic N) is 2. The Morgan fingerprint density at radius 1 is 1.50 bits per heavy atom. The van der Waals surface area contributed by atoms with Gasteiger partial charge in [-0.2, -0.15) is 4.98 Å². The molecule has 3 rings (SSSR count). The fourth-order valence-electron chi connectivity index (χ4n) is 2.20. The minimum Gasteiger partial charge on any atom is -0.380 e. The van der Waals surface area contributed by atoms with E-state index in [1.807, 2.05) is 0 Å². The summed E-state index contributed by atoms with van der Waals surface area (Å²) in [5.41, 5.74) is 0.618. The summed E-state index contributed by atoms with van der Waals surface area (Å²) in [6.07, 6.45) is 0.929. The van der Waals surface area contributed by atoms with Gasteiger partial charge in [0.25, 0.3) is 0 Å². The van der Waals surface area contributed by atoms with E-state index in [4.69, 9.17) is 20.9 Å². The van der Waals surface area contributed by atoms with Crippen LogP contribution in [0.15, 0.2) is 22.7 Å². The molecule has 1 aliphatic rings. The standard InChI is InChI=1S/C13H13ClFN3O2/c1-19-8-5-11(16-6-8)13-17-12(18-20-13)7-2-3-10(15)9(14)4-7/h2-4,8,11,16H,5-6H2,1H3/t8-,11+/m0/s1. The maximum Gasteiger partial charge on any atom is 0.244 e. The molecule has 0 radical (unpaired) electrons. The molecule has 2 aromatic rings. The van der Waals surface area contributed by atoms with Gasteiger partial charge in [-0.3, -0.25) is 0 Å². The first-order valence-electron chi connectivity index (χ1n) is 6.22. The molecule has 1 N–H and O–H groups in total. The van der Waals surface area contributed by atoms with E-state index in [-0.39, 0.29) is 17.2 Å². The summed E-state index contributed by atoms with van der Waals surface area (Å²) >= 11 is 5.75. The van der Waals surface area contributed by atoms with Gasteiger partial charge < -0.3 is 14.6 Å². The van der Waals surface area contributed by atoms with E-state index in [1.165, 1.54) is 12.1 Å². The Balaban J connectivity index is 1.81. The minimum absolute atomic E-state index is 0.0166. The molecule has 20 heavy (non-hydrogen) atoms. The Hall–Kier alpha value is -1.50. The van der Waals surface area contributed by atoms with Crippen LogP contribution in [0.4, 0.5) is 4.39 Å². The molecular weight excluding hydrogens is 285 g/mol. The molecule has 0 spiro atoms. The van der Waals surface area contributed by atoms with Crippen LogP contribution in [0.2, 0.25) is 5.02 Å². The molecule has 1 fully saturated rings. The minimum atomic E-state index is -0.473.